The second kappa shape index (κ2) is 8.61. The molecule has 0 unspecified atom stereocenters. The Labute approximate surface area is 171 Å². The fourth-order valence-electron chi connectivity index (χ4n) is 3.80. The molecule has 0 aromatic carbocycles. The Hall–Kier alpha value is -2.93. The minimum Gasteiger partial charge on any atom is -0.491 e. The number of pyridine rings is 2. The van der Waals surface area contributed by atoms with Crippen LogP contribution in [-0.2, 0) is 13.5 Å². The molecule has 4 heterocycles. The number of nitrogens with zero attached hydrogens (tertiary/aromatic N) is 5. The van der Waals surface area contributed by atoms with Crippen LogP contribution in [0.3, 0.4) is 0 Å². The molecular formula is C22H28N6O. The van der Waals surface area contributed by atoms with E-state index in [0.717, 1.165) is 61.1 Å². The molecule has 0 radical (unpaired) electrons. The summed E-state index contributed by atoms with van der Waals surface area (Å²) < 4.78 is 8.08. The maximum atomic E-state index is 6.16. The van der Waals surface area contributed by atoms with Crippen molar-refractivity contribution in [2.75, 3.05) is 37.7 Å². The third kappa shape index (κ3) is 4.24. The number of anilines is 1. The maximum absolute atomic E-state index is 6.16. The monoisotopic (exact) mass is 392 g/mol. The zero-order valence-corrected chi connectivity index (χ0v) is 17.4. The fraction of sp³-hybridized carbons (Fsp3) is 0.409. The van der Waals surface area contributed by atoms with Crippen LogP contribution in [0.5, 0.6) is 5.75 Å². The van der Waals surface area contributed by atoms with Crippen molar-refractivity contribution in [2.24, 2.45) is 7.05 Å². The smallest absolute Gasteiger partial charge is 0.145 e. The van der Waals surface area contributed by atoms with Gasteiger partial charge < -0.3 is 15.0 Å². The van der Waals surface area contributed by atoms with Gasteiger partial charge in [-0.2, -0.15) is 5.10 Å². The minimum absolute atomic E-state index is 0.585. The van der Waals surface area contributed by atoms with Gasteiger partial charge in [-0.1, -0.05) is 0 Å². The Morgan fingerprint density at radius 2 is 1.93 bits per heavy atom. The van der Waals surface area contributed by atoms with Crippen molar-refractivity contribution in [1.82, 2.24) is 25.1 Å². The second-order valence-corrected chi connectivity index (χ2v) is 7.36. The summed E-state index contributed by atoms with van der Waals surface area (Å²) in [5.41, 5.74) is 5.38. The first-order valence-electron chi connectivity index (χ1n) is 10.1. The normalized spacial score (nSPS) is 14.2. The molecule has 3 aromatic rings. The minimum atomic E-state index is 0.585. The molecule has 1 aliphatic rings. The Morgan fingerprint density at radius 1 is 1.10 bits per heavy atom. The van der Waals surface area contributed by atoms with Gasteiger partial charge >= 0.3 is 0 Å². The van der Waals surface area contributed by atoms with Crippen molar-refractivity contribution >= 4 is 5.82 Å². The molecule has 0 bridgehead atoms. The highest BCUT2D eigenvalue weighted by atomic mass is 16.5. The van der Waals surface area contributed by atoms with Gasteiger partial charge in [-0.25, -0.2) is 4.98 Å². The van der Waals surface area contributed by atoms with Crippen LogP contribution < -0.4 is 15.0 Å². The number of aryl methyl sites for hydroxylation is 2. The van der Waals surface area contributed by atoms with E-state index in [0.29, 0.717) is 6.61 Å². The van der Waals surface area contributed by atoms with Crippen LogP contribution >= 0.6 is 0 Å². The van der Waals surface area contributed by atoms with E-state index in [4.69, 9.17) is 4.74 Å². The summed E-state index contributed by atoms with van der Waals surface area (Å²) in [7, 11) is 1.98. The Morgan fingerprint density at radius 3 is 2.69 bits per heavy atom. The van der Waals surface area contributed by atoms with Crippen molar-refractivity contribution in [3.8, 4) is 17.0 Å². The number of ether oxygens (including phenoxy) is 1. The highest BCUT2D eigenvalue weighted by Gasteiger charge is 2.15. The van der Waals surface area contributed by atoms with E-state index in [1.165, 1.54) is 11.3 Å². The van der Waals surface area contributed by atoms with Crippen LogP contribution in [0, 0.1) is 13.8 Å². The second-order valence-electron chi connectivity index (χ2n) is 7.36. The molecule has 7 heteroatoms. The predicted molar refractivity (Wildman–Crippen MR) is 114 cm³/mol. The first-order valence-corrected chi connectivity index (χ1v) is 10.1. The Kier molecular flexibility index (Phi) is 5.76. The van der Waals surface area contributed by atoms with E-state index < -0.39 is 0 Å². The lowest BCUT2D eigenvalue weighted by Crippen LogP contribution is -2.43. The molecule has 4 rings (SSSR count). The van der Waals surface area contributed by atoms with Crippen LogP contribution in [-0.4, -0.2) is 52.5 Å². The third-order valence-electron chi connectivity index (χ3n) is 5.50. The Bertz CT molecular complexity index is 977. The van der Waals surface area contributed by atoms with E-state index in [1.54, 1.807) is 0 Å². The van der Waals surface area contributed by atoms with Crippen LogP contribution in [0.1, 0.15) is 17.0 Å². The molecule has 1 saturated heterocycles. The van der Waals surface area contributed by atoms with Crippen LogP contribution in [0.4, 0.5) is 5.82 Å². The summed E-state index contributed by atoms with van der Waals surface area (Å²) in [5, 5.41) is 7.87. The van der Waals surface area contributed by atoms with Gasteiger partial charge in [-0.05, 0) is 43.7 Å². The summed E-state index contributed by atoms with van der Waals surface area (Å²) in [6.45, 7) is 8.62. The summed E-state index contributed by atoms with van der Waals surface area (Å²) in [5.74, 6) is 1.78. The molecule has 0 spiro atoms. The topological polar surface area (TPSA) is 68.1 Å². The van der Waals surface area contributed by atoms with Crippen molar-refractivity contribution in [3.05, 3.63) is 53.6 Å². The third-order valence-corrected chi connectivity index (χ3v) is 5.50. The molecule has 1 N–H and O–H groups in total. The van der Waals surface area contributed by atoms with Gasteiger partial charge in [0.15, 0.2) is 0 Å². The zero-order valence-electron chi connectivity index (χ0n) is 17.4. The molecule has 1 fully saturated rings. The summed E-state index contributed by atoms with van der Waals surface area (Å²) in [6, 6.07) is 8.00. The number of piperazine rings is 1. The molecule has 1 aliphatic heterocycles. The highest BCUT2D eigenvalue weighted by molar-refractivity contribution is 5.68. The van der Waals surface area contributed by atoms with Crippen molar-refractivity contribution in [3.63, 3.8) is 0 Å². The van der Waals surface area contributed by atoms with Crippen molar-refractivity contribution in [1.29, 1.82) is 0 Å². The largest absolute Gasteiger partial charge is 0.491 e. The number of rotatable bonds is 6. The molecule has 29 heavy (non-hydrogen) atoms. The van der Waals surface area contributed by atoms with Gasteiger partial charge in [-0.3, -0.25) is 9.67 Å². The molecule has 0 atom stereocenters. The van der Waals surface area contributed by atoms with Crippen LogP contribution in [0.25, 0.3) is 11.3 Å². The number of aromatic nitrogens is 4. The van der Waals surface area contributed by atoms with E-state index in [-0.39, 0.29) is 0 Å². The number of hydrogen-bond donors (Lipinski definition) is 1. The van der Waals surface area contributed by atoms with Gasteiger partial charge in [0.05, 0.1) is 12.3 Å². The predicted octanol–water partition coefficient (Wildman–Crippen LogP) is 2.53. The number of nitrogens with one attached hydrogen (secondary N) is 1. The van der Waals surface area contributed by atoms with Gasteiger partial charge in [0.2, 0.25) is 0 Å². The standard InChI is InChI=1S/C22H28N6O/c1-16-19(17(2)27(3)26-16)7-14-29-20-5-4-8-25-22(20)18-6-9-24-21(15-18)28-12-10-23-11-13-28/h4-6,8-9,15,23H,7,10-14H2,1-3H3. The SMILES string of the molecule is Cc1nn(C)c(C)c1CCOc1cccnc1-c1ccnc(N2CCNCC2)c1. The quantitative estimate of drug-likeness (QED) is 0.695. The van der Waals surface area contributed by atoms with Gasteiger partial charge in [0.25, 0.3) is 0 Å². The summed E-state index contributed by atoms with van der Waals surface area (Å²) in [6.07, 6.45) is 4.48. The van der Waals surface area contributed by atoms with Gasteiger partial charge in [-0.15, -0.1) is 0 Å². The lowest BCUT2D eigenvalue weighted by atomic mass is 10.1. The lowest BCUT2D eigenvalue weighted by Gasteiger charge is -2.28. The van der Waals surface area contributed by atoms with E-state index in [1.807, 2.05) is 49.2 Å². The van der Waals surface area contributed by atoms with Gasteiger partial charge in [0, 0.05) is 63.3 Å². The molecular weight excluding hydrogens is 364 g/mol. The average molecular weight is 393 g/mol. The first-order chi connectivity index (χ1) is 14.1. The molecule has 0 aliphatic carbocycles. The average Bonchev–Trinajstić information content (AvgIpc) is 3.01. The van der Waals surface area contributed by atoms with Crippen LogP contribution in [0.15, 0.2) is 36.7 Å². The molecule has 7 nitrogen and oxygen atoms in total. The van der Waals surface area contributed by atoms with E-state index in [2.05, 4.69) is 38.3 Å². The zero-order chi connectivity index (χ0) is 20.2. The van der Waals surface area contributed by atoms with Crippen LogP contribution in [0.2, 0.25) is 0 Å². The van der Waals surface area contributed by atoms with E-state index >= 15 is 0 Å². The molecule has 3 aromatic heterocycles. The Balaban J connectivity index is 1.51. The van der Waals surface area contributed by atoms with E-state index in [9.17, 15) is 0 Å². The molecule has 0 saturated carbocycles. The van der Waals surface area contributed by atoms with Crippen molar-refractivity contribution in [2.45, 2.75) is 20.3 Å². The summed E-state index contributed by atoms with van der Waals surface area (Å²) >= 11 is 0. The fourth-order valence-corrected chi connectivity index (χ4v) is 3.80. The summed E-state index contributed by atoms with van der Waals surface area (Å²) in [4.78, 5) is 11.5. The number of hydrogen-bond acceptors (Lipinski definition) is 6. The first kappa shape index (κ1) is 19.4. The highest BCUT2D eigenvalue weighted by Crippen LogP contribution is 2.29. The maximum Gasteiger partial charge on any atom is 0.145 e. The molecule has 152 valence electrons. The molecule has 0 amide bonds. The van der Waals surface area contributed by atoms with Gasteiger partial charge in [0.1, 0.15) is 17.3 Å². The van der Waals surface area contributed by atoms with Crippen molar-refractivity contribution < 1.29 is 4.74 Å². The lowest BCUT2D eigenvalue weighted by molar-refractivity contribution is 0.321.